The fraction of sp³-hybridized carbons (Fsp3) is 0.429. The van der Waals surface area contributed by atoms with E-state index in [1.807, 2.05) is 18.2 Å². The summed E-state index contributed by atoms with van der Waals surface area (Å²) < 4.78 is 38.7. The zero-order valence-corrected chi connectivity index (χ0v) is 21.7. The summed E-state index contributed by atoms with van der Waals surface area (Å²) in [5.74, 6) is -0.590. The van der Waals surface area contributed by atoms with Gasteiger partial charge in [0.1, 0.15) is 6.54 Å². The van der Waals surface area contributed by atoms with Crippen molar-refractivity contribution < 1.29 is 22.8 Å². The molecule has 1 atom stereocenters. The summed E-state index contributed by atoms with van der Waals surface area (Å²) in [7, 11) is 0. The number of para-hydroxylation sites is 1. The number of benzene rings is 2. The Balaban J connectivity index is 1.40. The number of anilines is 1. The van der Waals surface area contributed by atoms with E-state index < -0.39 is 11.7 Å². The second-order valence-electron chi connectivity index (χ2n) is 9.39. The van der Waals surface area contributed by atoms with Gasteiger partial charge in [0.15, 0.2) is 0 Å². The number of carbonyl (C=O) groups excluding carboxylic acids is 2. The zero-order valence-electron chi connectivity index (χ0n) is 20.9. The second-order valence-corrected chi connectivity index (χ2v) is 10.5. The lowest BCUT2D eigenvalue weighted by Gasteiger charge is -2.35. The van der Waals surface area contributed by atoms with Gasteiger partial charge in [-0.3, -0.25) is 14.5 Å². The highest BCUT2D eigenvalue weighted by atomic mass is 32.2. The van der Waals surface area contributed by atoms with Gasteiger partial charge in [-0.15, -0.1) is 0 Å². The number of amides is 2. The monoisotopic (exact) mass is 531 g/mol. The lowest BCUT2D eigenvalue weighted by Crippen LogP contribution is -2.44. The van der Waals surface area contributed by atoms with E-state index in [9.17, 15) is 22.8 Å². The molecular formula is C28H32F3N3O2S. The van der Waals surface area contributed by atoms with Crippen molar-refractivity contribution in [1.82, 2.24) is 10.2 Å². The van der Waals surface area contributed by atoms with Crippen molar-refractivity contribution >= 4 is 35.3 Å². The minimum Gasteiger partial charge on any atom is -0.355 e. The molecule has 5 nitrogen and oxygen atoms in total. The fourth-order valence-electron chi connectivity index (χ4n) is 4.87. The van der Waals surface area contributed by atoms with Gasteiger partial charge in [0, 0.05) is 24.0 Å². The van der Waals surface area contributed by atoms with Crippen LogP contribution in [0.4, 0.5) is 18.9 Å². The molecule has 1 saturated heterocycles. The molecule has 2 aliphatic rings. The molecule has 37 heavy (non-hydrogen) atoms. The molecule has 0 aromatic heterocycles. The van der Waals surface area contributed by atoms with E-state index in [4.69, 9.17) is 0 Å². The van der Waals surface area contributed by atoms with Gasteiger partial charge in [-0.1, -0.05) is 49.4 Å². The fourth-order valence-corrected chi connectivity index (χ4v) is 5.92. The molecule has 1 unspecified atom stereocenters. The zero-order chi connectivity index (χ0) is 26.4. The molecule has 1 fully saturated rings. The van der Waals surface area contributed by atoms with Gasteiger partial charge >= 0.3 is 6.18 Å². The molecule has 2 aliphatic heterocycles. The number of hydrogen-bond acceptors (Lipinski definition) is 4. The van der Waals surface area contributed by atoms with E-state index in [0.29, 0.717) is 28.7 Å². The maximum atomic E-state index is 13.3. The Kier molecular flexibility index (Phi) is 8.97. The maximum Gasteiger partial charge on any atom is 0.416 e. The standard InChI is InChI=1S/C28H32F3N3O2S/c1-2-22-8-5-6-16-33(22)17-7-15-32-26(35)19-34-23-9-3-4-10-24(23)37-25(27(34)36)18-20-11-13-21(14-12-20)28(29,30)31/h3-4,9-14,18,22H,2,5-8,15-17,19H2,1H3,(H,32,35)/b25-18-. The summed E-state index contributed by atoms with van der Waals surface area (Å²) in [5, 5.41) is 2.95. The highest BCUT2D eigenvalue weighted by Crippen LogP contribution is 2.42. The summed E-state index contributed by atoms with van der Waals surface area (Å²) in [5.41, 5.74) is 0.387. The number of piperidine rings is 1. The van der Waals surface area contributed by atoms with E-state index in [1.54, 1.807) is 12.1 Å². The average Bonchev–Trinajstić information content (AvgIpc) is 2.89. The first kappa shape index (κ1) is 27.3. The third kappa shape index (κ3) is 6.96. The molecule has 0 spiro atoms. The van der Waals surface area contributed by atoms with E-state index in [0.717, 1.165) is 43.0 Å². The smallest absolute Gasteiger partial charge is 0.355 e. The highest BCUT2D eigenvalue weighted by Gasteiger charge is 2.32. The number of nitrogens with zero attached hydrogens (tertiary/aromatic N) is 2. The van der Waals surface area contributed by atoms with Gasteiger partial charge < -0.3 is 10.2 Å². The average molecular weight is 532 g/mol. The number of hydrogen-bond donors (Lipinski definition) is 1. The van der Waals surface area contributed by atoms with Crippen LogP contribution in [0.15, 0.2) is 58.3 Å². The quantitative estimate of drug-likeness (QED) is 0.338. The number of likely N-dealkylation sites (tertiary alicyclic amines) is 1. The van der Waals surface area contributed by atoms with Crippen molar-refractivity contribution in [2.45, 2.75) is 56.1 Å². The Labute approximate surface area is 220 Å². The summed E-state index contributed by atoms with van der Waals surface area (Å²) in [6.07, 6.45) is 2.88. The van der Waals surface area contributed by atoms with Gasteiger partial charge in [-0.25, -0.2) is 0 Å². The summed E-state index contributed by atoms with van der Waals surface area (Å²) in [6, 6.07) is 12.6. The first-order valence-corrected chi connectivity index (χ1v) is 13.6. The molecule has 2 aromatic rings. The lowest BCUT2D eigenvalue weighted by molar-refractivity contribution is -0.137. The number of rotatable bonds is 8. The van der Waals surface area contributed by atoms with Crippen LogP contribution in [0.5, 0.6) is 0 Å². The number of halogens is 3. The highest BCUT2D eigenvalue weighted by molar-refractivity contribution is 8.04. The normalized spacial score (nSPS) is 19.7. The van der Waals surface area contributed by atoms with Gasteiger partial charge in [0.2, 0.25) is 5.91 Å². The number of nitrogens with one attached hydrogen (secondary N) is 1. The van der Waals surface area contributed by atoms with Crippen LogP contribution in [-0.4, -0.2) is 48.9 Å². The maximum absolute atomic E-state index is 13.3. The first-order chi connectivity index (χ1) is 17.8. The molecule has 2 amide bonds. The van der Waals surface area contributed by atoms with Crippen molar-refractivity contribution in [3.63, 3.8) is 0 Å². The molecule has 0 bridgehead atoms. The number of fused-ring (bicyclic) bond motifs is 1. The van der Waals surface area contributed by atoms with Crippen molar-refractivity contribution in [2.75, 3.05) is 31.1 Å². The minimum atomic E-state index is -4.42. The number of carbonyl (C=O) groups is 2. The van der Waals surface area contributed by atoms with Gasteiger partial charge in [-0.05, 0) is 68.1 Å². The lowest BCUT2D eigenvalue weighted by atomic mass is 10.00. The third-order valence-electron chi connectivity index (χ3n) is 6.83. The van der Waals surface area contributed by atoms with E-state index >= 15 is 0 Å². The predicted octanol–water partition coefficient (Wildman–Crippen LogP) is 5.96. The van der Waals surface area contributed by atoms with Crippen LogP contribution < -0.4 is 10.2 Å². The van der Waals surface area contributed by atoms with Crippen molar-refractivity contribution in [3.05, 3.63) is 64.6 Å². The van der Waals surface area contributed by atoms with E-state index in [-0.39, 0.29) is 18.4 Å². The van der Waals surface area contributed by atoms with E-state index in [1.165, 1.54) is 48.1 Å². The first-order valence-electron chi connectivity index (χ1n) is 12.7. The molecule has 4 rings (SSSR count). The molecule has 0 saturated carbocycles. The van der Waals surface area contributed by atoms with Crippen LogP contribution in [0.1, 0.15) is 50.2 Å². The Hall–Kier alpha value is -2.78. The van der Waals surface area contributed by atoms with Crippen LogP contribution in [0.25, 0.3) is 6.08 Å². The van der Waals surface area contributed by atoms with Crippen molar-refractivity contribution in [2.24, 2.45) is 0 Å². The molecule has 1 N–H and O–H groups in total. The number of alkyl halides is 3. The second kappa shape index (κ2) is 12.2. The van der Waals surface area contributed by atoms with Crippen LogP contribution in [0.2, 0.25) is 0 Å². The molecule has 198 valence electrons. The van der Waals surface area contributed by atoms with Crippen LogP contribution in [0.3, 0.4) is 0 Å². The summed E-state index contributed by atoms with van der Waals surface area (Å²) >= 11 is 1.25. The molecule has 0 radical (unpaired) electrons. The van der Waals surface area contributed by atoms with Gasteiger partial charge in [0.25, 0.3) is 5.91 Å². The molecule has 2 heterocycles. The molecule has 0 aliphatic carbocycles. The topological polar surface area (TPSA) is 52.7 Å². The van der Waals surface area contributed by atoms with Gasteiger partial charge in [-0.2, -0.15) is 13.2 Å². The summed E-state index contributed by atoms with van der Waals surface area (Å²) in [4.78, 5) is 31.2. The Morgan fingerprint density at radius 2 is 1.89 bits per heavy atom. The Morgan fingerprint density at radius 1 is 1.14 bits per heavy atom. The molecular weight excluding hydrogens is 499 g/mol. The largest absolute Gasteiger partial charge is 0.416 e. The predicted molar refractivity (Wildman–Crippen MR) is 141 cm³/mol. The summed E-state index contributed by atoms with van der Waals surface area (Å²) in [6.45, 7) is 4.69. The Bertz CT molecular complexity index is 1130. The van der Waals surface area contributed by atoms with Crippen LogP contribution >= 0.6 is 11.8 Å². The third-order valence-corrected chi connectivity index (χ3v) is 7.91. The van der Waals surface area contributed by atoms with E-state index in [2.05, 4.69) is 17.1 Å². The Morgan fingerprint density at radius 3 is 2.62 bits per heavy atom. The van der Waals surface area contributed by atoms with Gasteiger partial charge in [0.05, 0.1) is 16.2 Å². The van der Waals surface area contributed by atoms with Crippen LogP contribution in [-0.2, 0) is 15.8 Å². The van der Waals surface area contributed by atoms with Crippen molar-refractivity contribution in [3.8, 4) is 0 Å². The van der Waals surface area contributed by atoms with Crippen LogP contribution in [0, 0.1) is 0 Å². The molecule has 2 aromatic carbocycles. The molecule has 9 heteroatoms. The SMILES string of the molecule is CCC1CCCCN1CCCNC(=O)CN1C(=O)/C(=C/c2ccc(C(F)(F)F)cc2)Sc2ccccc21. The number of thioether (sulfide) groups is 1. The van der Waals surface area contributed by atoms with Crippen molar-refractivity contribution in [1.29, 1.82) is 0 Å². The minimum absolute atomic E-state index is 0.123.